The van der Waals surface area contributed by atoms with Crippen LogP contribution < -0.4 is 15.0 Å². The third-order valence-corrected chi connectivity index (χ3v) is 5.82. The fourth-order valence-corrected chi connectivity index (χ4v) is 4.43. The summed E-state index contributed by atoms with van der Waals surface area (Å²) in [6.45, 7) is 4.53. The summed E-state index contributed by atoms with van der Waals surface area (Å²) < 4.78 is 10.3. The average Bonchev–Trinajstić information content (AvgIpc) is 3.15. The molecule has 31 heavy (non-hydrogen) atoms. The van der Waals surface area contributed by atoms with E-state index in [0.29, 0.717) is 24.7 Å². The molecule has 1 aliphatic heterocycles. The van der Waals surface area contributed by atoms with E-state index in [1.807, 2.05) is 49.4 Å². The van der Waals surface area contributed by atoms with E-state index in [1.54, 1.807) is 17.9 Å². The monoisotopic (exact) mass is 442 g/mol. The zero-order valence-electron chi connectivity index (χ0n) is 17.6. The fourth-order valence-electron chi connectivity index (χ4n) is 3.26. The van der Waals surface area contributed by atoms with Crippen LogP contribution in [0.3, 0.4) is 0 Å². The van der Waals surface area contributed by atoms with Gasteiger partial charge < -0.3 is 14.8 Å². The van der Waals surface area contributed by atoms with Crippen LogP contribution in [-0.4, -0.2) is 36.8 Å². The quantitative estimate of drug-likeness (QED) is 0.588. The number of ether oxygens (including phenoxy) is 2. The van der Waals surface area contributed by atoms with E-state index >= 15 is 0 Å². The fraction of sp³-hybridized carbons (Fsp3) is 0.348. The van der Waals surface area contributed by atoms with Crippen molar-refractivity contribution < 1.29 is 23.9 Å². The van der Waals surface area contributed by atoms with Gasteiger partial charge in [0.25, 0.3) is 0 Å². The van der Waals surface area contributed by atoms with Crippen LogP contribution in [-0.2, 0) is 19.1 Å². The Hall–Kier alpha value is -3.00. The van der Waals surface area contributed by atoms with Gasteiger partial charge in [0.1, 0.15) is 11.1 Å². The minimum atomic E-state index is -0.390. The molecule has 1 saturated heterocycles. The van der Waals surface area contributed by atoms with E-state index in [4.69, 9.17) is 9.47 Å². The maximum absolute atomic E-state index is 12.6. The SMILES string of the molecule is CCOC(=O)CCC(=O)Nc1cccc([C@@H]2SCC(=O)N2c2ccc(OCC)cc2)c1. The maximum atomic E-state index is 12.6. The lowest BCUT2D eigenvalue weighted by Crippen LogP contribution is -2.27. The van der Waals surface area contributed by atoms with E-state index in [0.717, 1.165) is 17.0 Å². The Morgan fingerprint density at radius 1 is 1.10 bits per heavy atom. The van der Waals surface area contributed by atoms with E-state index < -0.39 is 5.97 Å². The van der Waals surface area contributed by atoms with Crippen LogP contribution in [0.1, 0.15) is 37.6 Å². The molecule has 2 amide bonds. The molecule has 8 heteroatoms. The molecule has 0 aliphatic carbocycles. The molecule has 1 heterocycles. The number of amides is 2. The minimum Gasteiger partial charge on any atom is -0.494 e. The second-order valence-corrected chi connectivity index (χ2v) is 7.90. The summed E-state index contributed by atoms with van der Waals surface area (Å²) in [5, 5.41) is 2.62. The van der Waals surface area contributed by atoms with Gasteiger partial charge >= 0.3 is 5.97 Å². The molecule has 0 saturated carbocycles. The first-order chi connectivity index (χ1) is 15.0. The van der Waals surface area contributed by atoms with Gasteiger partial charge in [0.2, 0.25) is 11.8 Å². The van der Waals surface area contributed by atoms with Gasteiger partial charge in [-0.3, -0.25) is 19.3 Å². The van der Waals surface area contributed by atoms with Crippen molar-refractivity contribution in [2.75, 3.05) is 29.2 Å². The Morgan fingerprint density at radius 2 is 1.87 bits per heavy atom. The number of benzene rings is 2. The Labute approximate surface area is 186 Å². The molecule has 2 aromatic carbocycles. The summed E-state index contributed by atoms with van der Waals surface area (Å²) in [5.41, 5.74) is 2.33. The highest BCUT2D eigenvalue weighted by molar-refractivity contribution is 8.00. The average molecular weight is 443 g/mol. The van der Waals surface area contributed by atoms with Crippen molar-refractivity contribution >= 4 is 40.9 Å². The molecular formula is C23H26N2O5S. The Bertz CT molecular complexity index is 932. The van der Waals surface area contributed by atoms with Crippen molar-refractivity contribution in [3.05, 3.63) is 54.1 Å². The van der Waals surface area contributed by atoms with Gasteiger partial charge in [-0.05, 0) is 55.8 Å². The Morgan fingerprint density at radius 3 is 2.58 bits per heavy atom. The van der Waals surface area contributed by atoms with Crippen LogP contribution in [0.15, 0.2) is 48.5 Å². The van der Waals surface area contributed by atoms with Crippen LogP contribution in [0.25, 0.3) is 0 Å². The normalized spacial score (nSPS) is 15.6. The lowest BCUT2D eigenvalue weighted by Gasteiger charge is -2.25. The van der Waals surface area contributed by atoms with E-state index in [-0.39, 0.29) is 30.0 Å². The number of rotatable bonds is 9. The Kier molecular flexibility index (Phi) is 7.94. The first-order valence-corrected chi connectivity index (χ1v) is 11.3. The lowest BCUT2D eigenvalue weighted by molar-refractivity contribution is -0.144. The standard InChI is InChI=1S/C23H26N2O5S/c1-3-29-19-10-8-18(9-11-19)25-21(27)15-31-23(25)16-6-5-7-17(14-16)24-20(26)12-13-22(28)30-4-2/h5-11,14,23H,3-4,12-13,15H2,1-2H3,(H,24,26)/t23-/m0/s1. The van der Waals surface area contributed by atoms with Crippen LogP contribution in [0.5, 0.6) is 5.75 Å². The highest BCUT2D eigenvalue weighted by Gasteiger charge is 2.34. The van der Waals surface area contributed by atoms with Crippen LogP contribution >= 0.6 is 11.8 Å². The predicted octanol–water partition coefficient (Wildman–Crippen LogP) is 4.15. The number of thioether (sulfide) groups is 1. The second-order valence-electron chi connectivity index (χ2n) is 6.83. The molecular weight excluding hydrogens is 416 g/mol. The zero-order valence-corrected chi connectivity index (χ0v) is 18.4. The topological polar surface area (TPSA) is 84.9 Å². The number of anilines is 2. The number of nitrogens with zero attached hydrogens (tertiary/aromatic N) is 1. The van der Waals surface area contributed by atoms with Crippen LogP contribution in [0, 0.1) is 0 Å². The van der Waals surface area contributed by atoms with Gasteiger partial charge in [-0.2, -0.15) is 0 Å². The van der Waals surface area contributed by atoms with Crippen molar-refractivity contribution in [2.45, 2.75) is 32.1 Å². The molecule has 1 N–H and O–H groups in total. The summed E-state index contributed by atoms with van der Waals surface area (Å²) in [7, 11) is 0. The molecule has 3 rings (SSSR count). The summed E-state index contributed by atoms with van der Waals surface area (Å²) in [4.78, 5) is 38.0. The minimum absolute atomic E-state index is 0.0306. The van der Waals surface area contributed by atoms with Crippen molar-refractivity contribution in [3.63, 3.8) is 0 Å². The second kappa shape index (κ2) is 10.9. The maximum Gasteiger partial charge on any atom is 0.306 e. The number of carbonyl (C=O) groups excluding carboxylic acids is 3. The molecule has 0 radical (unpaired) electrons. The third-order valence-electron chi connectivity index (χ3n) is 4.61. The molecule has 1 atom stereocenters. The van der Waals surface area contributed by atoms with E-state index in [1.165, 1.54) is 11.8 Å². The van der Waals surface area contributed by atoms with Crippen molar-refractivity contribution in [2.24, 2.45) is 0 Å². The van der Waals surface area contributed by atoms with E-state index in [9.17, 15) is 14.4 Å². The highest BCUT2D eigenvalue weighted by Crippen LogP contribution is 2.42. The number of carbonyl (C=O) groups is 3. The molecule has 164 valence electrons. The zero-order chi connectivity index (χ0) is 22.2. The summed E-state index contributed by atoms with van der Waals surface area (Å²) >= 11 is 1.54. The van der Waals surface area contributed by atoms with Crippen molar-refractivity contribution in [1.29, 1.82) is 0 Å². The van der Waals surface area contributed by atoms with Gasteiger partial charge in [-0.25, -0.2) is 0 Å². The molecule has 1 fully saturated rings. The molecule has 0 unspecified atom stereocenters. The van der Waals surface area contributed by atoms with Crippen molar-refractivity contribution in [1.82, 2.24) is 0 Å². The molecule has 0 bridgehead atoms. The van der Waals surface area contributed by atoms with Gasteiger partial charge in [0.15, 0.2) is 0 Å². The smallest absolute Gasteiger partial charge is 0.306 e. The first kappa shape index (κ1) is 22.7. The van der Waals surface area contributed by atoms with Gasteiger partial charge in [-0.15, -0.1) is 11.8 Å². The first-order valence-electron chi connectivity index (χ1n) is 10.2. The van der Waals surface area contributed by atoms with Crippen LogP contribution in [0.4, 0.5) is 11.4 Å². The van der Waals surface area contributed by atoms with Gasteiger partial charge in [0, 0.05) is 17.8 Å². The molecule has 1 aliphatic rings. The summed E-state index contributed by atoms with van der Waals surface area (Å²) in [5.74, 6) is 0.522. The third kappa shape index (κ3) is 6.01. The van der Waals surface area contributed by atoms with E-state index in [2.05, 4.69) is 5.32 Å². The number of hydrogen-bond donors (Lipinski definition) is 1. The van der Waals surface area contributed by atoms with Crippen LogP contribution in [0.2, 0.25) is 0 Å². The molecule has 0 spiro atoms. The number of hydrogen-bond acceptors (Lipinski definition) is 6. The van der Waals surface area contributed by atoms with Crippen molar-refractivity contribution in [3.8, 4) is 5.75 Å². The lowest BCUT2D eigenvalue weighted by atomic mass is 10.1. The van der Waals surface area contributed by atoms with Gasteiger partial charge in [-0.1, -0.05) is 12.1 Å². The number of nitrogens with one attached hydrogen (secondary N) is 1. The highest BCUT2D eigenvalue weighted by atomic mass is 32.2. The number of esters is 1. The molecule has 0 aromatic heterocycles. The van der Waals surface area contributed by atoms with Gasteiger partial charge in [0.05, 0.1) is 25.4 Å². The summed E-state index contributed by atoms with van der Waals surface area (Å²) in [6, 6.07) is 14.9. The Balaban J connectivity index is 1.70. The molecule has 2 aromatic rings. The largest absolute Gasteiger partial charge is 0.494 e. The predicted molar refractivity (Wildman–Crippen MR) is 121 cm³/mol. The molecule has 7 nitrogen and oxygen atoms in total. The summed E-state index contributed by atoms with van der Waals surface area (Å²) in [6.07, 6.45) is 0.0931.